The quantitative estimate of drug-likeness (QED) is 0.687. The van der Waals surface area contributed by atoms with Crippen molar-refractivity contribution in [2.24, 2.45) is 0 Å². The van der Waals surface area contributed by atoms with Gasteiger partial charge in [-0.05, 0) is 42.0 Å². The van der Waals surface area contributed by atoms with E-state index in [-0.39, 0.29) is 5.91 Å². The first-order valence-electron chi connectivity index (χ1n) is 9.20. The van der Waals surface area contributed by atoms with Crippen molar-refractivity contribution in [2.45, 2.75) is 6.54 Å². The highest BCUT2D eigenvalue weighted by atomic mass is 35.5. The maximum atomic E-state index is 12.4. The third-order valence-electron chi connectivity index (χ3n) is 4.66. The molecular weight excluding hydrogens is 392 g/mol. The molecule has 0 radical (unpaired) electrons. The van der Waals surface area contributed by atoms with E-state index in [9.17, 15) is 4.79 Å². The summed E-state index contributed by atoms with van der Waals surface area (Å²) < 4.78 is 1.65. The second kappa shape index (κ2) is 8.71. The topological polar surface area (TPSA) is 50.2 Å². The standard InChI is InChI=1S/C21H21ClN4OS/c22-17-2-1-3-19(14-17)26-9-8-20(24-26)21(27)23-15-16-4-6-18(7-5-16)25-10-12-28-13-11-25/h1-9,14H,10-13,15H2,(H,23,27). The van der Waals surface area contributed by atoms with Gasteiger partial charge in [0.15, 0.2) is 5.69 Å². The first-order valence-corrected chi connectivity index (χ1v) is 10.7. The Kier molecular flexibility index (Phi) is 5.88. The maximum absolute atomic E-state index is 12.4. The van der Waals surface area contributed by atoms with Crippen LogP contribution in [0.1, 0.15) is 16.1 Å². The van der Waals surface area contributed by atoms with Gasteiger partial charge >= 0.3 is 0 Å². The van der Waals surface area contributed by atoms with Crippen molar-refractivity contribution in [1.82, 2.24) is 15.1 Å². The molecule has 1 aromatic heterocycles. The molecule has 1 aliphatic rings. The highest BCUT2D eigenvalue weighted by Gasteiger charge is 2.12. The Morgan fingerprint density at radius 2 is 1.86 bits per heavy atom. The van der Waals surface area contributed by atoms with Crippen molar-refractivity contribution in [1.29, 1.82) is 0 Å². The van der Waals surface area contributed by atoms with E-state index in [1.54, 1.807) is 29.1 Å². The van der Waals surface area contributed by atoms with E-state index >= 15 is 0 Å². The molecular formula is C21H21ClN4OS. The average Bonchev–Trinajstić information content (AvgIpc) is 3.24. The van der Waals surface area contributed by atoms with Crippen molar-refractivity contribution >= 4 is 35.0 Å². The van der Waals surface area contributed by atoms with Gasteiger partial charge in [-0.1, -0.05) is 29.8 Å². The summed E-state index contributed by atoms with van der Waals surface area (Å²) in [4.78, 5) is 14.8. The highest BCUT2D eigenvalue weighted by molar-refractivity contribution is 7.99. The molecule has 0 bridgehead atoms. The number of hydrogen-bond acceptors (Lipinski definition) is 4. The zero-order valence-corrected chi connectivity index (χ0v) is 16.9. The summed E-state index contributed by atoms with van der Waals surface area (Å²) in [6.45, 7) is 2.66. The maximum Gasteiger partial charge on any atom is 0.272 e. The van der Waals surface area contributed by atoms with Crippen LogP contribution in [0.2, 0.25) is 5.02 Å². The van der Waals surface area contributed by atoms with Crippen LogP contribution >= 0.6 is 23.4 Å². The Bertz CT molecular complexity index is 951. The molecule has 0 atom stereocenters. The Morgan fingerprint density at radius 3 is 2.61 bits per heavy atom. The summed E-state index contributed by atoms with van der Waals surface area (Å²) in [5.41, 5.74) is 3.51. The van der Waals surface area contributed by atoms with Crippen LogP contribution in [0.4, 0.5) is 5.69 Å². The van der Waals surface area contributed by atoms with Crippen molar-refractivity contribution < 1.29 is 4.79 Å². The van der Waals surface area contributed by atoms with Crippen LogP contribution in [0, 0.1) is 0 Å². The van der Waals surface area contributed by atoms with Crippen LogP contribution in [0.25, 0.3) is 5.69 Å². The molecule has 0 spiro atoms. The molecule has 1 amide bonds. The van der Waals surface area contributed by atoms with Crippen molar-refractivity contribution in [3.8, 4) is 5.69 Å². The average molecular weight is 413 g/mol. The fourth-order valence-electron chi connectivity index (χ4n) is 3.13. The number of benzene rings is 2. The van der Waals surface area contributed by atoms with Crippen LogP contribution in [-0.4, -0.2) is 40.3 Å². The van der Waals surface area contributed by atoms with Gasteiger partial charge < -0.3 is 10.2 Å². The predicted octanol–water partition coefficient (Wildman–Crippen LogP) is 4.01. The summed E-state index contributed by atoms with van der Waals surface area (Å²) in [5, 5.41) is 7.91. The summed E-state index contributed by atoms with van der Waals surface area (Å²) in [5.74, 6) is 2.16. The predicted molar refractivity (Wildman–Crippen MR) is 116 cm³/mol. The SMILES string of the molecule is O=C(NCc1ccc(N2CCSCC2)cc1)c1ccn(-c2cccc(Cl)c2)n1. The van der Waals surface area contributed by atoms with Crippen LogP contribution in [0.15, 0.2) is 60.8 Å². The number of rotatable bonds is 5. The van der Waals surface area contributed by atoms with Gasteiger partial charge in [-0.15, -0.1) is 0 Å². The zero-order valence-electron chi connectivity index (χ0n) is 15.3. The number of nitrogens with zero attached hydrogens (tertiary/aromatic N) is 3. The smallest absolute Gasteiger partial charge is 0.272 e. The van der Waals surface area contributed by atoms with Gasteiger partial charge in [-0.3, -0.25) is 4.79 Å². The van der Waals surface area contributed by atoms with Gasteiger partial charge in [-0.25, -0.2) is 4.68 Å². The largest absolute Gasteiger partial charge is 0.370 e. The third-order valence-corrected chi connectivity index (χ3v) is 5.84. The number of carbonyl (C=O) groups excluding carboxylic acids is 1. The van der Waals surface area contributed by atoms with Crippen LogP contribution < -0.4 is 10.2 Å². The Labute approximate surface area is 173 Å². The Hall–Kier alpha value is -2.44. The minimum Gasteiger partial charge on any atom is -0.370 e. The Balaban J connectivity index is 1.35. The van der Waals surface area contributed by atoms with Crippen molar-refractivity contribution in [3.63, 3.8) is 0 Å². The molecule has 0 unspecified atom stereocenters. The van der Waals surface area contributed by atoms with E-state index < -0.39 is 0 Å². The van der Waals surface area contributed by atoms with Gasteiger partial charge in [-0.2, -0.15) is 16.9 Å². The number of halogens is 1. The minimum absolute atomic E-state index is 0.196. The van der Waals surface area contributed by atoms with Crippen LogP contribution in [0.3, 0.4) is 0 Å². The third kappa shape index (κ3) is 4.51. The summed E-state index contributed by atoms with van der Waals surface area (Å²) in [6.07, 6.45) is 1.76. The molecule has 1 saturated heterocycles. The van der Waals surface area contributed by atoms with Crippen LogP contribution in [0.5, 0.6) is 0 Å². The molecule has 3 aromatic rings. The van der Waals surface area contributed by atoms with Gasteiger partial charge in [0.2, 0.25) is 0 Å². The lowest BCUT2D eigenvalue weighted by atomic mass is 10.2. The van der Waals surface area contributed by atoms with E-state index in [0.29, 0.717) is 17.3 Å². The van der Waals surface area contributed by atoms with E-state index in [1.165, 1.54) is 17.2 Å². The highest BCUT2D eigenvalue weighted by Crippen LogP contribution is 2.20. The number of aromatic nitrogens is 2. The molecule has 5 nitrogen and oxygen atoms in total. The number of carbonyl (C=O) groups is 1. The van der Waals surface area contributed by atoms with Gasteiger partial charge in [0, 0.05) is 48.0 Å². The lowest BCUT2D eigenvalue weighted by molar-refractivity contribution is 0.0945. The minimum atomic E-state index is -0.196. The second-order valence-electron chi connectivity index (χ2n) is 6.57. The molecule has 0 saturated carbocycles. The van der Waals surface area contributed by atoms with E-state index in [1.807, 2.05) is 23.9 Å². The fraction of sp³-hybridized carbons (Fsp3) is 0.238. The lowest BCUT2D eigenvalue weighted by Crippen LogP contribution is -2.32. The second-order valence-corrected chi connectivity index (χ2v) is 8.24. The van der Waals surface area contributed by atoms with Gasteiger partial charge in [0.05, 0.1) is 5.69 Å². The molecule has 1 aliphatic heterocycles. The fourth-order valence-corrected chi connectivity index (χ4v) is 4.21. The molecule has 7 heteroatoms. The van der Waals surface area contributed by atoms with Gasteiger partial charge in [0.1, 0.15) is 0 Å². The first kappa shape index (κ1) is 18.9. The van der Waals surface area contributed by atoms with Crippen molar-refractivity contribution in [2.75, 3.05) is 29.5 Å². The number of amides is 1. The zero-order chi connectivity index (χ0) is 19.3. The van der Waals surface area contributed by atoms with Gasteiger partial charge in [0.25, 0.3) is 5.91 Å². The summed E-state index contributed by atoms with van der Waals surface area (Å²) in [7, 11) is 0. The number of hydrogen-bond donors (Lipinski definition) is 1. The molecule has 1 N–H and O–H groups in total. The monoisotopic (exact) mass is 412 g/mol. The normalized spacial score (nSPS) is 14.1. The van der Waals surface area contributed by atoms with E-state index in [4.69, 9.17) is 11.6 Å². The van der Waals surface area contributed by atoms with E-state index in [2.05, 4.69) is 39.6 Å². The molecule has 2 aromatic carbocycles. The first-order chi connectivity index (χ1) is 13.7. The molecule has 0 aliphatic carbocycles. The summed E-state index contributed by atoms with van der Waals surface area (Å²) in [6, 6.07) is 17.5. The number of thioether (sulfide) groups is 1. The number of nitrogens with one attached hydrogen (secondary N) is 1. The molecule has 28 heavy (non-hydrogen) atoms. The van der Waals surface area contributed by atoms with E-state index in [0.717, 1.165) is 24.3 Å². The Morgan fingerprint density at radius 1 is 1.07 bits per heavy atom. The molecule has 144 valence electrons. The molecule has 2 heterocycles. The molecule has 1 fully saturated rings. The number of anilines is 1. The van der Waals surface area contributed by atoms with Crippen molar-refractivity contribution in [3.05, 3.63) is 77.1 Å². The molecule has 4 rings (SSSR count). The van der Waals surface area contributed by atoms with Crippen LogP contribution in [-0.2, 0) is 6.54 Å². The summed E-state index contributed by atoms with van der Waals surface area (Å²) >= 11 is 8.02. The lowest BCUT2D eigenvalue weighted by Gasteiger charge is -2.28.